The number of hydrogen-bond acceptors (Lipinski definition) is 3. The Bertz CT molecular complexity index is 803. The summed E-state index contributed by atoms with van der Waals surface area (Å²) in [6.07, 6.45) is 27.5. The third-order valence-electron chi connectivity index (χ3n) is 4.89. The zero-order chi connectivity index (χ0) is 23.4. The summed E-state index contributed by atoms with van der Waals surface area (Å²) < 4.78 is 0. The molecule has 0 unspecified atom stereocenters. The van der Waals surface area contributed by atoms with Gasteiger partial charge in [-0.3, -0.25) is 9.59 Å². The molecule has 0 aliphatic rings. The Balaban J connectivity index is 2.10. The molecule has 174 valence electrons. The van der Waals surface area contributed by atoms with E-state index >= 15 is 0 Å². The van der Waals surface area contributed by atoms with Crippen molar-refractivity contribution in [3.8, 4) is 5.75 Å². The lowest BCUT2D eigenvalue weighted by Gasteiger charge is -2.07. The Kier molecular flexibility index (Phi) is 15.1. The topological polar surface area (TPSA) is 66.4 Å². The fourth-order valence-corrected chi connectivity index (χ4v) is 3.06. The summed E-state index contributed by atoms with van der Waals surface area (Å²) in [4.78, 5) is 23.5. The van der Waals surface area contributed by atoms with E-state index in [1.54, 1.807) is 6.07 Å². The second-order valence-electron chi connectivity index (χ2n) is 7.82. The van der Waals surface area contributed by atoms with Crippen molar-refractivity contribution >= 4 is 17.4 Å². The molecule has 0 aromatic heterocycles. The smallest absolute Gasteiger partial charge is 0.224 e. The van der Waals surface area contributed by atoms with E-state index in [-0.39, 0.29) is 23.0 Å². The van der Waals surface area contributed by atoms with Crippen molar-refractivity contribution < 1.29 is 14.7 Å². The van der Waals surface area contributed by atoms with Gasteiger partial charge in [-0.15, -0.1) is 0 Å². The molecule has 0 heterocycles. The first-order valence-corrected chi connectivity index (χ1v) is 11.8. The molecule has 0 aliphatic carbocycles. The van der Waals surface area contributed by atoms with Crippen LogP contribution in [0.5, 0.6) is 5.75 Å². The Morgan fingerprint density at radius 3 is 1.97 bits per heavy atom. The van der Waals surface area contributed by atoms with Crippen LogP contribution in [-0.4, -0.2) is 16.8 Å². The number of aromatic hydroxyl groups is 1. The van der Waals surface area contributed by atoms with Gasteiger partial charge in [0.1, 0.15) is 5.75 Å². The number of phenols is 1. The highest BCUT2D eigenvalue weighted by Crippen LogP contribution is 2.22. The summed E-state index contributed by atoms with van der Waals surface area (Å²) in [7, 11) is 0. The Morgan fingerprint density at radius 1 is 0.844 bits per heavy atom. The van der Waals surface area contributed by atoms with Gasteiger partial charge < -0.3 is 10.4 Å². The molecule has 0 saturated carbocycles. The van der Waals surface area contributed by atoms with Gasteiger partial charge in [-0.2, -0.15) is 0 Å². The van der Waals surface area contributed by atoms with Gasteiger partial charge in [0.05, 0.1) is 5.56 Å². The van der Waals surface area contributed by atoms with Crippen LogP contribution >= 0.6 is 0 Å². The predicted molar refractivity (Wildman–Crippen MR) is 135 cm³/mol. The maximum absolute atomic E-state index is 12.0. The first-order chi connectivity index (χ1) is 15.5. The lowest BCUT2D eigenvalue weighted by molar-refractivity contribution is -0.116. The lowest BCUT2D eigenvalue weighted by Crippen LogP contribution is -2.11. The molecule has 0 fully saturated rings. The number of hydrogen-bond donors (Lipinski definition) is 2. The number of anilines is 1. The van der Waals surface area contributed by atoms with E-state index in [2.05, 4.69) is 60.8 Å². The van der Waals surface area contributed by atoms with E-state index in [1.807, 2.05) is 0 Å². The summed E-state index contributed by atoms with van der Waals surface area (Å²) in [6.45, 7) is 3.61. The van der Waals surface area contributed by atoms with E-state index in [0.29, 0.717) is 12.1 Å². The number of unbranched alkanes of at least 4 members (excludes halogenated alkanes) is 4. The van der Waals surface area contributed by atoms with Gasteiger partial charge in [-0.25, -0.2) is 0 Å². The van der Waals surface area contributed by atoms with Gasteiger partial charge in [0.2, 0.25) is 5.91 Å². The molecular weight excluding hydrogens is 398 g/mol. The number of nitrogens with one attached hydrogen (secondary N) is 1. The van der Waals surface area contributed by atoms with Crippen LogP contribution < -0.4 is 5.32 Å². The fraction of sp³-hybridized carbons (Fsp3) is 0.429. The van der Waals surface area contributed by atoms with E-state index < -0.39 is 0 Å². The van der Waals surface area contributed by atoms with Crippen molar-refractivity contribution in [2.75, 3.05) is 5.32 Å². The first-order valence-electron chi connectivity index (χ1n) is 11.8. The highest BCUT2D eigenvalue weighted by atomic mass is 16.3. The molecule has 0 radical (unpaired) electrons. The molecule has 0 aliphatic heterocycles. The highest BCUT2D eigenvalue weighted by molar-refractivity contribution is 5.99. The number of amides is 1. The number of carbonyl (C=O) groups is 2. The molecule has 32 heavy (non-hydrogen) atoms. The van der Waals surface area contributed by atoms with E-state index in [4.69, 9.17) is 0 Å². The average molecular weight is 438 g/mol. The molecule has 0 atom stereocenters. The van der Waals surface area contributed by atoms with Gasteiger partial charge in [0.15, 0.2) is 5.78 Å². The molecular formula is C28H39NO3. The Labute approximate surface area is 193 Å². The van der Waals surface area contributed by atoms with Gasteiger partial charge in [-0.05, 0) is 70.1 Å². The SMILES string of the molecule is CCCCC/C=C\C/C=C\C/C=C\C/C=C\CCCC(=O)Nc1ccc(O)c(C(C)=O)c1. The summed E-state index contributed by atoms with van der Waals surface area (Å²) >= 11 is 0. The first kappa shape index (κ1) is 27.2. The van der Waals surface area contributed by atoms with E-state index in [0.717, 1.165) is 32.1 Å². The monoisotopic (exact) mass is 437 g/mol. The van der Waals surface area contributed by atoms with E-state index in [9.17, 15) is 14.7 Å². The minimum absolute atomic E-state index is 0.0731. The average Bonchev–Trinajstić information content (AvgIpc) is 2.77. The van der Waals surface area contributed by atoms with Crippen LogP contribution in [-0.2, 0) is 4.79 Å². The molecule has 1 aromatic rings. The van der Waals surface area contributed by atoms with Gasteiger partial charge in [-0.1, -0.05) is 68.4 Å². The summed E-state index contributed by atoms with van der Waals surface area (Å²) in [5.41, 5.74) is 0.736. The van der Waals surface area contributed by atoms with Gasteiger partial charge >= 0.3 is 0 Å². The number of carbonyl (C=O) groups excluding carboxylic acids is 2. The number of Topliss-reactive ketones (excluding diaryl/α,β-unsaturated/α-hetero) is 1. The lowest BCUT2D eigenvalue weighted by atomic mass is 10.1. The highest BCUT2D eigenvalue weighted by Gasteiger charge is 2.09. The maximum Gasteiger partial charge on any atom is 0.224 e. The van der Waals surface area contributed by atoms with Crippen molar-refractivity contribution in [3.63, 3.8) is 0 Å². The molecule has 1 amide bonds. The number of allylic oxidation sites excluding steroid dienone is 8. The molecule has 4 heteroatoms. The molecule has 1 aromatic carbocycles. The number of phenolic OH excluding ortho intramolecular Hbond substituents is 1. The van der Waals surface area contributed by atoms with Crippen LogP contribution in [0.4, 0.5) is 5.69 Å². The minimum Gasteiger partial charge on any atom is -0.507 e. The second kappa shape index (κ2) is 17.8. The normalized spacial score (nSPS) is 11.9. The largest absolute Gasteiger partial charge is 0.507 e. The predicted octanol–water partition coefficient (Wildman–Crippen LogP) is 7.68. The molecule has 2 N–H and O–H groups in total. The second-order valence-corrected chi connectivity index (χ2v) is 7.82. The van der Waals surface area contributed by atoms with Crippen molar-refractivity contribution in [1.29, 1.82) is 0 Å². The quantitative estimate of drug-likeness (QED) is 0.121. The minimum atomic E-state index is -0.237. The third kappa shape index (κ3) is 13.4. The number of benzene rings is 1. The van der Waals surface area contributed by atoms with E-state index in [1.165, 1.54) is 44.7 Å². The summed E-state index contributed by atoms with van der Waals surface area (Å²) in [6, 6.07) is 4.51. The van der Waals surface area contributed by atoms with Crippen molar-refractivity contribution in [1.82, 2.24) is 0 Å². The van der Waals surface area contributed by atoms with Crippen LogP contribution in [0.2, 0.25) is 0 Å². The Hall–Kier alpha value is -2.88. The van der Waals surface area contributed by atoms with Crippen LogP contribution in [0.1, 0.15) is 88.4 Å². The van der Waals surface area contributed by atoms with Crippen LogP contribution in [0.15, 0.2) is 66.8 Å². The molecule has 0 bridgehead atoms. The zero-order valence-corrected chi connectivity index (χ0v) is 19.7. The fourth-order valence-electron chi connectivity index (χ4n) is 3.06. The summed E-state index contributed by atoms with van der Waals surface area (Å²) in [5.74, 6) is -0.406. The standard InChI is InChI=1S/C28H39NO3/c1-3-4-5-6-7-8-9-10-11-12-13-14-15-16-17-18-19-20-28(32)29-25-21-22-27(31)26(23-25)24(2)30/h7-8,10-11,13-14,16-17,21-23,31H,3-6,9,12,15,18-20H2,1-2H3,(H,29,32)/b8-7-,11-10-,14-13-,17-16-. The van der Waals surface area contributed by atoms with Crippen molar-refractivity contribution in [3.05, 3.63) is 72.4 Å². The van der Waals surface area contributed by atoms with Crippen LogP contribution in [0.3, 0.4) is 0 Å². The van der Waals surface area contributed by atoms with Crippen LogP contribution in [0, 0.1) is 0 Å². The third-order valence-corrected chi connectivity index (χ3v) is 4.89. The number of ketones is 1. The van der Waals surface area contributed by atoms with Gasteiger partial charge in [0, 0.05) is 12.1 Å². The van der Waals surface area contributed by atoms with Crippen molar-refractivity contribution in [2.24, 2.45) is 0 Å². The Morgan fingerprint density at radius 2 is 1.41 bits per heavy atom. The maximum atomic E-state index is 12.0. The summed E-state index contributed by atoms with van der Waals surface area (Å²) in [5, 5.41) is 12.4. The van der Waals surface area contributed by atoms with Gasteiger partial charge in [0.25, 0.3) is 0 Å². The molecule has 4 nitrogen and oxygen atoms in total. The molecule has 0 spiro atoms. The van der Waals surface area contributed by atoms with Crippen LogP contribution in [0.25, 0.3) is 0 Å². The zero-order valence-electron chi connectivity index (χ0n) is 19.7. The number of rotatable bonds is 16. The molecule has 1 rings (SSSR count). The van der Waals surface area contributed by atoms with Crippen molar-refractivity contribution in [2.45, 2.75) is 78.1 Å². The molecule has 0 saturated heterocycles.